The smallest absolute Gasteiger partial charge is 0.293 e. The van der Waals surface area contributed by atoms with E-state index in [0.29, 0.717) is 25.4 Å². The highest BCUT2D eigenvalue weighted by Crippen LogP contribution is 2.38. The summed E-state index contributed by atoms with van der Waals surface area (Å²) in [6, 6.07) is 6.06. The monoisotopic (exact) mass is 373 g/mol. The lowest BCUT2D eigenvalue weighted by Crippen LogP contribution is -2.67. The molecular weight excluding hydrogens is 349 g/mol. The van der Waals surface area contributed by atoms with Crippen LogP contribution in [0.4, 0.5) is 4.39 Å². The summed E-state index contributed by atoms with van der Waals surface area (Å²) in [6.07, 6.45) is 4.63. The lowest BCUT2D eigenvalue weighted by Gasteiger charge is -2.57. The van der Waals surface area contributed by atoms with Crippen LogP contribution < -0.4 is 0 Å². The minimum atomic E-state index is -0.352. The Morgan fingerprint density at radius 1 is 1.33 bits per heavy atom. The minimum absolute atomic E-state index is 0.0670. The number of ether oxygens (including phenoxy) is 1. The van der Waals surface area contributed by atoms with E-state index >= 15 is 0 Å². The fourth-order valence-corrected chi connectivity index (χ4v) is 4.13. The van der Waals surface area contributed by atoms with E-state index in [1.165, 1.54) is 23.1 Å². The van der Waals surface area contributed by atoms with Gasteiger partial charge in [0.2, 0.25) is 5.82 Å². The highest BCUT2D eigenvalue weighted by Gasteiger charge is 2.47. The van der Waals surface area contributed by atoms with Crippen molar-refractivity contribution in [2.75, 3.05) is 39.9 Å². The first-order valence-corrected chi connectivity index (χ1v) is 9.32. The SMILES string of the molecule is COCCN1CC[C@]12CCCN(C(=O)c1ncn(-c3cccc(F)c3)n1)C2. The zero-order valence-corrected chi connectivity index (χ0v) is 15.5. The highest BCUT2D eigenvalue weighted by molar-refractivity contribution is 5.90. The van der Waals surface area contributed by atoms with E-state index in [9.17, 15) is 9.18 Å². The Morgan fingerprint density at radius 3 is 2.96 bits per heavy atom. The molecule has 0 radical (unpaired) electrons. The molecule has 2 fully saturated rings. The number of carbonyl (C=O) groups excluding carboxylic acids is 1. The van der Waals surface area contributed by atoms with Crippen LogP contribution in [0.25, 0.3) is 5.69 Å². The van der Waals surface area contributed by atoms with Crippen molar-refractivity contribution in [3.63, 3.8) is 0 Å². The van der Waals surface area contributed by atoms with E-state index in [-0.39, 0.29) is 23.1 Å². The summed E-state index contributed by atoms with van der Waals surface area (Å²) < 4.78 is 20.1. The fraction of sp³-hybridized carbons (Fsp3) is 0.526. The normalized spacial score (nSPS) is 22.8. The topological polar surface area (TPSA) is 63.5 Å². The number of likely N-dealkylation sites (tertiary alicyclic amines) is 2. The van der Waals surface area contributed by atoms with Crippen molar-refractivity contribution >= 4 is 5.91 Å². The number of aromatic nitrogens is 3. The van der Waals surface area contributed by atoms with Gasteiger partial charge in [0.05, 0.1) is 12.3 Å². The zero-order chi connectivity index (χ0) is 18.9. The van der Waals surface area contributed by atoms with Gasteiger partial charge in [-0.2, -0.15) is 0 Å². The minimum Gasteiger partial charge on any atom is -0.383 e. The number of benzene rings is 1. The average Bonchev–Trinajstić information content (AvgIpc) is 3.17. The maximum atomic E-state index is 13.4. The summed E-state index contributed by atoms with van der Waals surface area (Å²) in [5, 5.41) is 4.27. The molecule has 2 saturated heterocycles. The van der Waals surface area contributed by atoms with Gasteiger partial charge in [0.15, 0.2) is 0 Å². The van der Waals surface area contributed by atoms with Crippen molar-refractivity contribution < 1.29 is 13.9 Å². The summed E-state index contributed by atoms with van der Waals surface area (Å²) in [5.41, 5.74) is 0.610. The predicted octanol–water partition coefficient (Wildman–Crippen LogP) is 1.73. The number of halogens is 1. The molecule has 8 heteroatoms. The Hall–Kier alpha value is -2.32. The lowest BCUT2D eigenvalue weighted by molar-refractivity contribution is -0.0680. The van der Waals surface area contributed by atoms with Crippen LogP contribution in [-0.4, -0.2) is 75.9 Å². The van der Waals surface area contributed by atoms with Crippen molar-refractivity contribution in [3.05, 3.63) is 42.2 Å². The molecule has 2 aliphatic rings. The summed E-state index contributed by atoms with van der Waals surface area (Å²) in [6.45, 7) is 4.06. The van der Waals surface area contributed by atoms with Crippen molar-refractivity contribution in [2.45, 2.75) is 24.8 Å². The van der Waals surface area contributed by atoms with Crippen molar-refractivity contribution in [1.82, 2.24) is 24.6 Å². The number of nitrogens with zero attached hydrogens (tertiary/aromatic N) is 5. The van der Waals surface area contributed by atoms with Gasteiger partial charge in [0.1, 0.15) is 12.1 Å². The molecule has 1 atom stereocenters. The van der Waals surface area contributed by atoms with Gasteiger partial charge < -0.3 is 9.64 Å². The van der Waals surface area contributed by atoms with Crippen LogP contribution in [0.3, 0.4) is 0 Å². The molecule has 0 bridgehead atoms. The largest absolute Gasteiger partial charge is 0.383 e. The van der Waals surface area contributed by atoms with Gasteiger partial charge in [0.25, 0.3) is 5.91 Å². The average molecular weight is 373 g/mol. The van der Waals surface area contributed by atoms with Crippen LogP contribution in [-0.2, 0) is 4.74 Å². The molecule has 0 N–H and O–H groups in total. The van der Waals surface area contributed by atoms with Crippen LogP contribution in [0.5, 0.6) is 0 Å². The second kappa shape index (κ2) is 7.36. The molecular formula is C19H24FN5O2. The fourth-order valence-electron chi connectivity index (χ4n) is 4.13. The van der Waals surface area contributed by atoms with Crippen molar-refractivity contribution in [3.8, 4) is 5.69 Å². The van der Waals surface area contributed by atoms with Gasteiger partial charge in [-0.1, -0.05) is 6.07 Å². The number of hydrogen-bond acceptors (Lipinski definition) is 5. The zero-order valence-electron chi connectivity index (χ0n) is 15.5. The third-order valence-electron chi connectivity index (χ3n) is 5.68. The van der Waals surface area contributed by atoms with Crippen LogP contribution in [0.2, 0.25) is 0 Å². The molecule has 7 nitrogen and oxygen atoms in total. The second-order valence-electron chi connectivity index (χ2n) is 7.28. The van der Waals surface area contributed by atoms with Crippen LogP contribution in [0, 0.1) is 5.82 Å². The van der Waals surface area contributed by atoms with E-state index in [0.717, 1.165) is 32.4 Å². The molecule has 0 aliphatic carbocycles. The number of amides is 1. The Bertz CT molecular complexity index is 826. The second-order valence-corrected chi connectivity index (χ2v) is 7.28. The molecule has 1 spiro atoms. The summed E-state index contributed by atoms with van der Waals surface area (Å²) >= 11 is 0. The Balaban J connectivity index is 1.47. The molecule has 2 aromatic rings. The van der Waals surface area contributed by atoms with E-state index < -0.39 is 0 Å². The van der Waals surface area contributed by atoms with E-state index in [1.807, 2.05) is 4.90 Å². The number of rotatable bonds is 5. The first-order valence-electron chi connectivity index (χ1n) is 9.32. The third kappa shape index (κ3) is 3.46. The standard InChI is InChI=1S/C19H24FN5O2/c1-27-11-10-24-9-7-19(24)6-3-8-23(13-19)18(26)17-21-14-25(22-17)16-5-2-4-15(20)12-16/h2,4-5,12,14H,3,6-11,13H2,1H3/t19-/m0/s1. The van der Waals surface area contributed by atoms with E-state index in [1.54, 1.807) is 19.2 Å². The molecule has 1 aromatic heterocycles. The van der Waals surface area contributed by atoms with Gasteiger partial charge >= 0.3 is 0 Å². The predicted molar refractivity (Wildman–Crippen MR) is 97.3 cm³/mol. The van der Waals surface area contributed by atoms with Gasteiger partial charge in [-0.15, -0.1) is 5.10 Å². The number of hydrogen-bond donors (Lipinski definition) is 0. The molecule has 0 saturated carbocycles. The molecule has 2 aliphatic heterocycles. The quantitative estimate of drug-likeness (QED) is 0.799. The highest BCUT2D eigenvalue weighted by atomic mass is 19.1. The summed E-state index contributed by atoms with van der Waals surface area (Å²) in [5.74, 6) is -0.364. The van der Waals surface area contributed by atoms with Crippen LogP contribution in [0.15, 0.2) is 30.6 Å². The molecule has 27 heavy (non-hydrogen) atoms. The molecule has 0 unspecified atom stereocenters. The van der Waals surface area contributed by atoms with Crippen LogP contribution >= 0.6 is 0 Å². The number of piperidine rings is 1. The molecule has 1 aromatic carbocycles. The maximum Gasteiger partial charge on any atom is 0.293 e. The Kier molecular flexibility index (Phi) is 4.92. The molecule has 3 heterocycles. The number of carbonyl (C=O) groups is 1. The summed E-state index contributed by atoms with van der Waals surface area (Å²) in [4.78, 5) is 21.4. The van der Waals surface area contributed by atoms with Crippen molar-refractivity contribution in [1.29, 1.82) is 0 Å². The first kappa shape index (κ1) is 18.1. The van der Waals surface area contributed by atoms with Crippen molar-refractivity contribution in [2.24, 2.45) is 0 Å². The van der Waals surface area contributed by atoms with Gasteiger partial charge in [0, 0.05) is 38.8 Å². The van der Waals surface area contributed by atoms with Gasteiger partial charge in [-0.25, -0.2) is 14.1 Å². The summed E-state index contributed by atoms with van der Waals surface area (Å²) in [7, 11) is 1.71. The van der Waals surface area contributed by atoms with E-state index in [2.05, 4.69) is 15.0 Å². The molecule has 1 amide bonds. The molecule has 4 rings (SSSR count). The lowest BCUT2D eigenvalue weighted by atomic mass is 9.77. The maximum absolute atomic E-state index is 13.4. The Morgan fingerprint density at radius 2 is 2.22 bits per heavy atom. The van der Waals surface area contributed by atoms with Gasteiger partial charge in [-0.3, -0.25) is 9.69 Å². The third-order valence-corrected chi connectivity index (χ3v) is 5.68. The van der Waals surface area contributed by atoms with Crippen LogP contribution in [0.1, 0.15) is 29.9 Å². The first-order chi connectivity index (χ1) is 13.1. The Labute approximate surface area is 157 Å². The van der Waals surface area contributed by atoms with E-state index in [4.69, 9.17) is 4.74 Å². The van der Waals surface area contributed by atoms with Gasteiger partial charge in [-0.05, 0) is 37.5 Å². The number of methoxy groups -OCH3 is 1. The molecule has 144 valence electrons.